The molecule has 0 unspecified atom stereocenters. The van der Waals surface area contributed by atoms with Gasteiger partial charge >= 0.3 is 5.97 Å². The Labute approximate surface area is 149 Å². The lowest BCUT2D eigenvalue weighted by atomic mass is 10.0. The van der Waals surface area contributed by atoms with E-state index in [0.29, 0.717) is 17.5 Å². The highest BCUT2D eigenvalue weighted by molar-refractivity contribution is 7.89. The zero-order valence-electron chi connectivity index (χ0n) is 15.5. The van der Waals surface area contributed by atoms with E-state index in [2.05, 4.69) is 10.0 Å². The van der Waals surface area contributed by atoms with Crippen LogP contribution in [0.1, 0.15) is 41.8 Å². The van der Waals surface area contributed by atoms with Gasteiger partial charge in [0.05, 0.1) is 12.0 Å². The van der Waals surface area contributed by atoms with E-state index in [1.807, 2.05) is 13.8 Å². The maximum atomic E-state index is 12.6. The molecule has 0 heterocycles. The lowest BCUT2D eigenvalue weighted by Crippen LogP contribution is -2.42. The third-order valence-corrected chi connectivity index (χ3v) is 5.48. The van der Waals surface area contributed by atoms with Crippen LogP contribution in [0.4, 0.5) is 0 Å². The second-order valence-electron chi connectivity index (χ2n) is 6.30. The molecular formula is C17H26N2O5S. The number of sulfonamides is 1. The molecule has 0 aliphatic heterocycles. The molecule has 0 aliphatic carbocycles. The van der Waals surface area contributed by atoms with Gasteiger partial charge < -0.3 is 10.1 Å². The quantitative estimate of drug-likeness (QED) is 0.709. The highest BCUT2D eigenvalue weighted by Crippen LogP contribution is 2.21. The molecule has 8 heteroatoms. The Bertz CT molecular complexity index is 757. The Morgan fingerprint density at radius 3 is 2.28 bits per heavy atom. The number of aryl methyl sites for hydroxylation is 1. The molecule has 1 amide bonds. The van der Waals surface area contributed by atoms with Gasteiger partial charge in [-0.25, -0.2) is 17.9 Å². The van der Waals surface area contributed by atoms with Crippen LogP contribution in [-0.4, -0.2) is 40.5 Å². The van der Waals surface area contributed by atoms with Gasteiger partial charge in [0, 0.05) is 5.56 Å². The number of amides is 1. The third kappa shape index (κ3) is 5.27. The average molecular weight is 370 g/mol. The molecule has 0 saturated heterocycles. The summed E-state index contributed by atoms with van der Waals surface area (Å²) in [4.78, 5) is 24.5. The zero-order valence-corrected chi connectivity index (χ0v) is 16.3. The molecular weight excluding hydrogens is 344 g/mol. The summed E-state index contributed by atoms with van der Waals surface area (Å²) in [6.45, 7) is 7.26. The van der Waals surface area contributed by atoms with Gasteiger partial charge in [0.25, 0.3) is 5.91 Å². The van der Waals surface area contributed by atoms with Crippen LogP contribution < -0.4 is 10.0 Å². The van der Waals surface area contributed by atoms with Crippen LogP contribution in [0.5, 0.6) is 0 Å². The van der Waals surface area contributed by atoms with Crippen molar-refractivity contribution in [2.45, 2.75) is 45.1 Å². The SMILES string of the molecule is CNS(=O)(=O)c1cc(C(=O)N[C@H](CC(C)C)C(=O)OC)cc(C)c1C. The first-order valence-electron chi connectivity index (χ1n) is 7.97. The number of carbonyl (C=O) groups is 2. The first kappa shape index (κ1) is 21.1. The minimum absolute atomic E-state index is 0.0404. The second kappa shape index (κ2) is 8.44. The van der Waals surface area contributed by atoms with E-state index in [9.17, 15) is 18.0 Å². The minimum atomic E-state index is -3.70. The number of nitrogens with one attached hydrogen (secondary N) is 2. The molecule has 1 atom stereocenters. The molecule has 1 aromatic rings. The van der Waals surface area contributed by atoms with Crippen LogP contribution in [0.3, 0.4) is 0 Å². The summed E-state index contributed by atoms with van der Waals surface area (Å²) in [5.74, 6) is -0.884. The van der Waals surface area contributed by atoms with Gasteiger partial charge in [-0.3, -0.25) is 4.79 Å². The lowest BCUT2D eigenvalue weighted by molar-refractivity contribution is -0.143. The smallest absolute Gasteiger partial charge is 0.328 e. The number of methoxy groups -OCH3 is 1. The predicted molar refractivity (Wildman–Crippen MR) is 94.9 cm³/mol. The van der Waals surface area contributed by atoms with Gasteiger partial charge in [-0.1, -0.05) is 13.8 Å². The standard InChI is InChI=1S/C17H26N2O5S/c1-10(2)7-14(17(21)24-6)19-16(20)13-8-11(3)12(4)15(9-13)25(22,23)18-5/h8-10,14,18H,7H2,1-6H3,(H,19,20)/t14-/m1/s1. The van der Waals surface area contributed by atoms with Crippen LogP contribution in [0.25, 0.3) is 0 Å². The summed E-state index contributed by atoms with van der Waals surface area (Å²) < 4.78 is 31.3. The Morgan fingerprint density at radius 2 is 1.80 bits per heavy atom. The maximum Gasteiger partial charge on any atom is 0.328 e. The number of rotatable bonds is 7. The largest absolute Gasteiger partial charge is 0.467 e. The second-order valence-corrected chi connectivity index (χ2v) is 8.16. The number of carbonyl (C=O) groups excluding carboxylic acids is 2. The summed E-state index contributed by atoms with van der Waals surface area (Å²) in [7, 11) is -1.13. The summed E-state index contributed by atoms with van der Waals surface area (Å²) in [5, 5.41) is 2.63. The van der Waals surface area contributed by atoms with Crippen LogP contribution in [-0.2, 0) is 19.6 Å². The molecule has 140 valence electrons. The first-order valence-corrected chi connectivity index (χ1v) is 9.45. The number of hydrogen-bond donors (Lipinski definition) is 2. The molecule has 0 bridgehead atoms. The van der Waals surface area contributed by atoms with Gasteiger partial charge in [-0.15, -0.1) is 0 Å². The van der Waals surface area contributed by atoms with Crippen molar-refractivity contribution in [1.82, 2.24) is 10.0 Å². The van der Waals surface area contributed by atoms with Crippen LogP contribution in [0.15, 0.2) is 17.0 Å². The summed E-state index contributed by atoms with van der Waals surface area (Å²) >= 11 is 0. The Balaban J connectivity index is 3.23. The van der Waals surface area contributed by atoms with Crippen LogP contribution in [0.2, 0.25) is 0 Å². The topological polar surface area (TPSA) is 102 Å². The van der Waals surface area contributed by atoms with Gasteiger partial charge in [-0.2, -0.15) is 0 Å². The first-order chi connectivity index (χ1) is 11.5. The Hall–Kier alpha value is -1.93. The van der Waals surface area contributed by atoms with Crippen molar-refractivity contribution in [3.63, 3.8) is 0 Å². The van der Waals surface area contributed by atoms with Crippen molar-refractivity contribution in [3.05, 3.63) is 28.8 Å². The minimum Gasteiger partial charge on any atom is -0.467 e. The molecule has 2 N–H and O–H groups in total. The lowest BCUT2D eigenvalue weighted by Gasteiger charge is -2.19. The van der Waals surface area contributed by atoms with Crippen molar-refractivity contribution in [3.8, 4) is 0 Å². The summed E-state index contributed by atoms with van der Waals surface area (Å²) in [5.41, 5.74) is 1.41. The van der Waals surface area contributed by atoms with E-state index in [0.717, 1.165) is 0 Å². The van der Waals surface area contributed by atoms with Gasteiger partial charge in [0.15, 0.2) is 0 Å². The van der Waals surface area contributed by atoms with Gasteiger partial charge in [0.1, 0.15) is 6.04 Å². The van der Waals surface area contributed by atoms with E-state index in [4.69, 9.17) is 4.74 Å². The van der Waals surface area contributed by atoms with Crippen molar-refractivity contribution < 1.29 is 22.7 Å². The molecule has 7 nitrogen and oxygen atoms in total. The predicted octanol–water partition coefficient (Wildman–Crippen LogP) is 1.53. The normalized spacial score (nSPS) is 12.8. The molecule has 0 saturated carbocycles. The fourth-order valence-electron chi connectivity index (χ4n) is 2.42. The van der Waals surface area contributed by atoms with Gasteiger partial charge in [-0.05, 0) is 56.5 Å². The van der Waals surface area contributed by atoms with E-state index in [1.54, 1.807) is 19.9 Å². The summed E-state index contributed by atoms with van der Waals surface area (Å²) in [6.07, 6.45) is 0.422. The number of esters is 1. The van der Waals surface area contributed by atoms with Crippen molar-refractivity contribution in [2.75, 3.05) is 14.2 Å². The number of hydrogen-bond acceptors (Lipinski definition) is 5. The molecule has 0 aromatic heterocycles. The van der Waals surface area contributed by atoms with Crippen molar-refractivity contribution >= 4 is 21.9 Å². The maximum absolute atomic E-state index is 12.6. The molecule has 0 aliphatic rings. The molecule has 25 heavy (non-hydrogen) atoms. The van der Waals surface area contributed by atoms with Crippen molar-refractivity contribution in [2.24, 2.45) is 5.92 Å². The van der Waals surface area contributed by atoms with E-state index in [1.165, 1.54) is 20.2 Å². The fraction of sp³-hybridized carbons (Fsp3) is 0.529. The van der Waals surface area contributed by atoms with E-state index in [-0.39, 0.29) is 16.4 Å². The van der Waals surface area contributed by atoms with Crippen molar-refractivity contribution in [1.29, 1.82) is 0 Å². The molecule has 1 aromatic carbocycles. The monoisotopic (exact) mass is 370 g/mol. The van der Waals surface area contributed by atoms with E-state index < -0.39 is 27.9 Å². The molecule has 0 fully saturated rings. The van der Waals surface area contributed by atoms with Crippen LogP contribution >= 0.6 is 0 Å². The van der Waals surface area contributed by atoms with Gasteiger partial charge in [0.2, 0.25) is 10.0 Å². The van der Waals surface area contributed by atoms with E-state index >= 15 is 0 Å². The number of ether oxygens (including phenoxy) is 1. The number of benzene rings is 1. The average Bonchev–Trinajstić information content (AvgIpc) is 2.54. The zero-order chi connectivity index (χ0) is 19.4. The molecule has 0 spiro atoms. The highest BCUT2D eigenvalue weighted by Gasteiger charge is 2.25. The molecule has 0 radical (unpaired) electrons. The summed E-state index contributed by atoms with van der Waals surface area (Å²) in [6, 6.07) is 2.12. The Kier molecular flexibility index (Phi) is 7.13. The fourth-order valence-corrected chi connectivity index (χ4v) is 3.48. The third-order valence-electron chi connectivity index (χ3n) is 3.94. The highest BCUT2D eigenvalue weighted by atomic mass is 32.2. The Morgan fingerprint density at radius 1 is 1.20 bits per heavy atom. The van der Waals surface area contributed by atoms with Crippen LogP contribution in [0, 0.1) is 19.8 Å². The molecule has 1 rings (SSSR count).